The Balaban J connectivity index is 2.12. The van der Waals surface area contributed by atoms with Crippen molar-refractivity contribution in [2.75, 3.05) is 20.3 Å². The third-order valence-corrected chi connectivity index (χ3v) is 3.49. The number of nitrogens with zero attached hydrogens (tertiary/aromatic N) is 3. The van der Waals surface area contributed by atoms with E-state index in [4.69, 9.17) is 4.74 Å². The number of ether oxygens (including phenoxy) is 1. The Hall–Kier alpha value is -1.95. The van der Waals surface area contributed by atoms with Crippen molar-refractivity contribution in [1.29, 1.82) is 0 Å². The number of rotatable bonds is 6. The molecule has 114 valence electrons. The van der Waals surface area contributed by atoms with E-state index in [1.165, 1.54) is 0 Å². The van der Waals surface area contributed by atoms with E-state index in [1.807, 2.05) is 27.0 Å². The molecule has 0 atom stereocenters. The lowest BCUT2D eigenvalue weighted by molar-refractivity contribution is 0.0950. The van der Waals surface area contributed by atoms with Gasteiger partial charge in [-0.1, -0.05) is 0 Å². The van der Waals surface area contributed by atoms with Gasteiger partial charge in [0.25, 0.3) is 5.91 Å². The van der Waals surface area contributed by atoms with E-state index >= 15 is 0 Å². The van der Waals surface area contributed by atoms with Gasteiger partial charge in [-0.3, -0.25) is 9.48 Å². The number of amides is 1. The molecule has 0 fully saturated rings. The van der Waals surface area contributed by atoms with E-state index in [0.717, 1.165) is 41.9 Å². The van der Waals surface area contributed by atoms with E-state index in [2.05, 4.69) is 15.4 Å². The first-order chi connectivity index (χ1) is 10.0. The summed E-state index contributed by atoms with van der Waals surface area (Å²) in [6, 6.07) is 1.88. The molecule has 0 radical (unpaired) electrons. The van der Waals surface area contributed by atoms with Crippen molar-refractivity contribution in [2.24, 2.45) is 7.05 Å². The number of pyridine rings is 1. The molecular weight excluding hydrogens is 268 g/mol. The molecule has 0 aromatic carbocycles. The van der Waals surface area contributed by atoms with Crippen molar-refractivity contribution in [1.82, 2.24) is 20.1 Å². The summed E-state index contributed by atoms with van der Waals surface area (Å²) in [5.74, 6) is -0.0810. The minimum Gasteiger partial charge on any atom is -0.385 e. The summed E-state index contributed by atoms with van der Waals surface area (Å²) in [5.41, 5.74) is 3.03. The number of hydrogen-bond donors (Lipinski definition) is 1. The fraction of sp³-hybridized carbons (Fsp3) is 0.533. The third-order valence-electron chi connectivity index (χ3n) is 3.49. The lowest BCUT2D eigenvalue weighted by atomic mass is 10.1. The molecule has 0 spiro atoms. The van der Waals surface area contributed by atoms with Gasteiger partial charge in [0.15, 0.2) is 5.65 Å². The number of aryl methyl sites for hydroxylation is 3. The highest BCUT2D eigenvalue weighted by atomic mass is 16.5. The predicted octanol–water partition coefficient (Wildman–Crippen LogP) is 1.74. The first-order valence-corrected chi connectivity index (χ1v) is 7.12. The van der Waals surface area contributed by atoms with Crippen molar-refractivity contribution in [2.45, 2.75) is 26.7 Å². The monoisotopic (exact) mass is 290 g/mol. The maximum absolute atomic E-state index is 12.3. The molecule has 0 aliphatic rings. The number of nitrogens with one attached hydrogen (secondary N) is 1. The van der Waals surface area contributed by atoms with Crippen molar-refractivity contribution in [3.8, 4) is 0 Å². The van der Waals surface area contributed by atoms with Gasteiger partial charge in [-0.15, -0.1) is 0 Å². The highest BCUT2D eigenvalue weighted by molar-refractivity contribution is 5.98. The average Bonchev–Trinajstić information content (AvgIpc) is 2.72. The molecule has 0 aliphatic carbocycles. The van der Waals surface area contributed by atoms with Gasteiger partial charge in [0.2, 0.25) is 0 Å². The summed E-state index contributed by atoms with van der Waals surface area (Å²) in [5, 5.41) is 8.19. The topological polar surface area (TPSA) is 69.0 Å². The minimum atomic E-state index is -0.0810. The van der Waals surface area contributed by atoms with E-state index in [-0.39, 0.29) is 5.91 Å². The van der Waals surface area contributed by atoms with Crippen LogP contribution >= 0.6 is 0 Å². The molecule has 2 aromatic heterocycles. The molecule has 6 nitrogen and oxygen atoms in total. The predicted molar refractivity (Wildman–Crippen MR) is 81.4 cm³/mol. The summed E-state index contributed by atoms with van der Waals surface area (Å²) in [4.78, 5) is 16.7. The van der Waals surface area contributed by atoms with E-state index < -0.39 is 0 Å². The van der Waals surface area contributed by atoms with Crippen molar-refractivity contribution >= 4 is 16.9 Å². The summed E-state index contributed by atoms with van der Waals surface area (Å²) in [7, 11) is 3.54. The highest BCUT2D eigenvalue weighted by Crippen LogP contribution is 2.19. The lowest BCUT2D eigenvalue weighted by Gasteiger charge is -2.08. The Kier molecular flexibility index (Phi) is 4.90. The van der Waals surface area contributed by atoms with Crippen LogP contribution in [0.25, 0.3) is 11.0 Å². The maximum atomic E-state index is 12.3. The van der Waals surface area contributed by atoms with Crippen molar-refractivity contribution in [3.05, 3.63) is 23.0 Å². The molecule has 2 aromatic rings. The Morgan fingerprint density at radius 3 is 2.81 bits per heavy atom. The molecule has 0 aliphatic heterocycles. The van der Waals surface area contributed by atoms with Crippen LogP contribution in [0, 0.1) is 13.8 Å². The summed E-state index contributed by atoms with van der Waals surface area (Å²) < 4.78 is 6.72. The molecule has 2 rings (SSSR count). The quantitative estimate of drug-likeness (QED) is 0.823. The maximum Gasteiger partial charge on any atom is 0.253 e. The molecule has 1 amide bonds. The number of hydrogen-bond acceptors (Lipinski definition) is 4. The Bertz CT molecular complexity index is 649. The number of methoxy groups -OCH3 is 1. The van der Waals surface area contributed by atoms with Crippen LogP contribution in [0.4, 0.5) is 0 Å². The Morgan fingerprint density at radius 2 is 2.10 bits per heavy atom. The van der Waals surface area contributed by atoms with Gasteiger partial charge in [-0.2, -0.15) is 5.10 Å². The van der Waals surface area contributed by atoms with Crippen molar-refractivity contribution < 1.29 is 9.53 Å². The van der Waals surface area contributed by atoms with Gasteiger partial charge < -0.3 is 10.1 Å². The van der Waals surface area contributed by atoms with Crippen LogP contribution in [0.1, 0.15) is 34.6 Å². The highest BCUT2D eigenvalue weighted by Gasteiger charge is 2.14. The number of unbranched alkanes of at least 4 members (excludes halogenated alkanes) is 1. The smallest absolute Gasteiger partial charge is 0.253 e. The second-order valence-electron chi connectivity index (χ2n) is 5.16. The van der Waals surface area contributed by atoms with E-state index in [9.17, 15) is 4.79 Å². The number of carbonyl (C=O) groups excluding carboxylic acids is 1. The normalized spacial score (nSPS) is 11.0. The first kappa shape index (κ1) is 15.4. The molecule has 6 heteroatoms. The summed E-state index contributed by atoms with van der Waals surface area (Å²) in [6.45, 7) is 5.14. The zero-order valence-electron chi connectivity index (χ0n) is 13.1. The van der Waals surface area contributed by atoms with Gasteiger partial charge in [0.05, 0.1) is 17.0 Å². The molecule has 0 unspecified atom stereocenters. The first-order valence-electron chi connectivity index (χ1n) is 7.12. The van der Waals surface area contributed by atoms with Gasteiger partial charge in [-0.25, -0.2) is 4.98 Å². The molecule has 2 heterocycles. The number of aromatic nitrogens is 3. The van der Waals surface area contributed by atoms with E-state index in [1.54, 1.807) is 11.8 Å². The summed E-state index contributed by atoms with van der Waals surface area (Å²) in [6.07, 6.45) is 1.84. The van der Waals surface area contributed by atoms with Crippen LogP contribution in [-0.4, -0.2) is 40.9 Å². The van der Waals surface area contributed by atoms with E-state index in [0.29, 0.717) is 12.1 Å². The van der Waals surface area contributed by atoms with Crippen LogP contribution in [0.2, 0.25) is 0 Å². The second-order valence-corrected chi connectivity index (χ2v) is 5.16. The fourth-order valence-electron chi connectivity index (χ4n) is 2.33. The zero-order chi connectivity index (χ0) is 15.4. The molecule has 0 saturated heterocycles. The molecule has 21 heavy (non-hydrogen) atoms. The van der Waals surface area contributed by atoms with Gasteiger partial charge in [0, 0.05) is 32.7 Å². The largest absolute Gasteiger partial charge is 0.385 e. The number of fused-ring (bicyclic) bond motifs is 1. The van der Waals surface area contributed by atoms with Crippen molar-refractivity contribution in [3.63, 3.8) is 0 Å². The zero-order valence-corrected chi connectivity index (χ0v) is 13.1. The van der Waals surface area contributed by atoms with Gasteiger partial charge >= 0.3 is 0 Å². The van der Waals surface area contributed by atoms with Crippen LogP contribution in [0.5, 0.6) is 0 Å². The van der Waals surface area contributed by atoms with Gasteiger partial charge in [0.1, 0.15) is 0 Å². The van der Waals surface area contributed by atoms with Crippen LogP contribution in [-0.2, 0) is 11.8 Å². The minimum absolute atomic E-state index is 0.0810. The SMILES string of the molecule is COCCCCNC(=O)c1cc2c(C)nn(C)c2nc1C. The van der Waals surface area contributed by atoms with Crippen LogP contribution in [0.15, 0.2) is 6.07 Å². The molecule has 0 saturated carbocycles. The fourth-order valence-corrected chi connectivity index (χ4v) is 2.33. The lowest BCUT2D eigenvalue weighted by Crippen LogP contribution is -2.25. The molecule has 0 bridgehead atoms. The standard InChI is InChI=1S/C15H22N4O2/c1-10-13(15(20)16-7-5-6-8-21-4)9-12-11(2)18-19(3)14(12)17-10/h9H,5-8H2,1-4H3,(H,16,20). The molecular formula is C15H22N4O2. The number of carbonyl (C=O) groups is 1. The second kappa shape index (κ2) is 6.67. The van der Waals surface area contributed by atoms with Gasteiger partial charge in [-0.05, 0) is 32.8 Å². The third kappa shape index (κ3) is 3.39. The molecule has 1 N–H and O–H groups in total. The Morgan fingerprint density at radius 1 is 1.33 bits per heavy atom. The van der Waals surface area contributed by atoms with Crippen LogP contribution in [0.3, 0.4) is 0 Å². The van der Waals surface area contributed by atoms with Crippen LogP contribution < -0.4 is 5.32 Å². The Labute approximate surface area is 124 Å². The summed E-state index contributed by atoms with van der Waals surface area (Å²) >= 11 is 0. The average molecular weight is 290 g/mol.